The van der Waals surface area contributed by atoms with Crippen molar-refractivity contribution in [3.05, 3.63) is 41.1 Å². The third kappa shape index (κ3) is 3.87. The van der Waals surface area contributed by atoms with Gasteiger partial charge in [-0.25, -0.2) is 4.98 Å². The Kier molecular flexibility index (Phi) is 6.27. The van der Waals surface area contributed by atoms with Gasteiger partial charge in [0.15, 0.2) is 5.82 Å². The van der Waals surface area contributed by atoms with Gasteiger partial charge in [-0.3, -0.25) is 4.68 Å². The minimum absolute atomic E-state index is 0.610. The number of aryl methyl sites for hydroxylation is 3. The van der Waals surface area contributed by atoms with E-state index >= 15 is 0 Å². The van der Waals surface area contributed by atoms with E-state index in [4.69, 9.17) is 19.6 Å². The number of benzene rings is 1. The summed E-state index contributed by atoms with van der Waals surface area (Å²) in [6.07, 6.45) is 0. The number of nitrogens with zero attached hydrogens (tertiary/aromatic N) is 3. The monoisotopic (exact) mass is 412 g/mol. The highest BCUT2D eigenvalue weighted by molar-refractivity contribution is 7.26. The molecule has 154 valence electrons. The number of fused-ring (bicyclic) bond motifs is 3. The summed E-state index contributed by atoms with van der Waals surface area (Å²) in [7, 11) is 5.30. The van der Waals surface area contributed by atoms with Crippen LogP contribution in [-0.2, 0) is 13.6 Å². The van der Waals surface area contributed by atoms with Crippen molar-refractivity contribution in [2.45, 2.75) is 34.2 Å². The second-order valence-corrected chi connectivity index (χ2v) is 7.54. The lowest BCUT2D eigenvalue weighted by molar-refractivity contribution is 0.391. The number of rotatable bonds is 5. The Morgan fingerprint density at radius 3 is 2.55 bits per heavy atom. The van der Waals surface area contributed by atoms with Gasteiger partial charge in [0, 0.05) is 36.3 Å². The summed E-state index contributed by atoms with van der Waals surface area (Å²) in [5.41, 5.74) is 4.44. The molecule has 0 spiro atoms. The second-order valence-electron chi connectivity index (χ2n) is 6.54. The average Bonchev–Trinajstić information content (AvgIpc) is 3.25. The zero-order chi connectivity index (χ0) is 21.1. The molecule has 0 fully saturated rings. The fourth-order valence-corrected chi connectivity index (χ4v) is 4.71. The fraction of sp³-hybridized carbons (Fsp3) is 0.364. The summed E-state index contributed by atoms with van der Waals surface area (Å²) in [6.45, 7) is 8.77. The van der Waals surface area contributed by atoms with E-state index in [0.717, 1.165) is 43.6 Å². The number of nitrogens with one attached hydrogen (secondary N) is 1. The molecule has 0 aliphatic carbocycles. The minimum atomic E-state index is 0.610. The van der Waals surface area contributed by atoms with Crippen LogP contribution < -0.4 is 14.8 Å². The van der Waals surface area contributed by atoms with Crippen molar-refractivity contribution in [3.8, 4) is 11.5 Å². The first-order chi connectivity index (χ1) is 14.0. The van der Waals surface area contributed by atoms with Crippen molar-refractivity contribution in [2.75, 3.05) is 19.5 Å². The normalized spacial score (nSPS) is 10.7. The quantitative estimate of drug-likeness (QED) is 0.472. The van der Waals surface area contributed by atoms with Crippen LogP contribution in [0.3, 0.4) is 0 Å². The molecule has 29 heavy (non-hydrogen) atoms. The topological polar surface area (TPSA) is 61.2 Å². The van der Waals surface area contributed by atoms with E-state index < -0.39 is 0 Å². The summed E-state index contributed by atoms with van der Waals surface area (Å²) in [4.78, 5) is 5.76. The van der Waals surface area contributed by atoms with Gasteiger partial charge in [-0.15, -0.1) is 11.3 Å². The average molecular weight is 413 g/mol. The van der Waals surface area contributed by atoms with Crippen molar-refractivity contribution in [1.82, 2.24) is 14.8 Å². The Balaban J connectivity index is 0.00000117. The third-order valence-electron chi connectivity index (χ3n) is 4.69. The molecule has 4 aromatic rings. The maximum Gasteiger partial charge on any atom is 0.166 e. The van der Waals surface area contributed by atoms with Crippen LogP contribution in [0.5, 0.6) is 11.5 Å². The van der Waals surface area contributed by atoms with E-state index in [1.54, 1.807) is 25.6 Å². The molecule has 0 radical (unpaired) electrons. The Bertz CT molecular complexity index is 1150. The van der Waals surface area contributed by atoms with Crippen LogP contribution >= 0.6 is 11.3 Å². The van der Waals surface area contributed by atoms with E-state index in [2.05, 4.69) is 18.3 Å². The van der Waals surface area contributed by atoms with Crippen molar-refractivity contribution in [2.24, 2.45) is 7.05 Å². The Hall–Kier alpha value is -2.80. The molecule has 0 atom stereocenters. The summed E-state index contributed by atoms with van der Waals surface area (Å²) in [5.74, 6) is 2.43. The van der Waals surface area contributed by atoms with Crippen molar-refractivity contribution in [3.63, 3.8) is 0 Å². The van der Waals surface area contributed by atoms with Gasteiger partial charge < -0.3 is 14.8 Å². The van der Waals surface area contributed by atoms with Gasteiger partial charge in [-0.2, -0.15) is 5.10 Å². The van der Waals surface area contributed by atoms with Crippen LogP contribution in [0.1, 0.15) is 30.7 Å². The van der Waals surface area contributed by atoms with E-state index in [1.807, 2.05) is 50.7 Å². The van der Waals surface area contributed by atoms with E-state index in [0.29, 0.717) is 6.54 Å². The van der Waals surface area contributed by atoms with E-state index in [9.17, 15) is 0 Å². The molecule has 0 saturated carbocycles. The molecule has 1 N–H and O–H groups in total. The number of hydrogen-bond acceptors (Lipinski definition) is 6. The molecule has 0 saturated heterocycles. The van der Waals surface area contributed by atoms with Crippen LogP contribution in [0.2, 0.25) is 0 Å². The van der Waals surface area contributed by atoms with Crippen molar-refractivity contribution >= 4 is 37.6 Å². The first-order valence-electron chi connectivity index (χ1n) is 9.70. The highest BCUT2D eigenvalue weighted by Gasteiger charge is 2.18. The lowest BCUT2D eigenvalue weighted by atomic mass is 10.1. The highest BCUT2D eigenvalue weighted by Crippen LogP contribution is 2.39. The van der Waals surface area contributed by atoms with Gasteiger partial charge in [0.05, 0.1) is 24.4 Å². The van der Waals surface area contributed by atoms with Gasteiger partial charge in [0.1, 0.15) is 16.3 Å². The molecule has 0 aliphatic heterocycles. The molecule has 6 nitrogen and oxygen atoms in total. The molecule has 0 unspecified atom stereocenters. The largest absolute Gasteiger partial charge is 0.497 e. The minimum Gasteiger partial charge on any atom is -0.497 e. The number of methoxy groups -OCH3 is 2. The van der Waals surface area contributed by atoms with Crippen LogP contribution in [0.15, 0.2) is 24.3 Å². The van der Waals surface area contributed by atoms with Crippen LogP contribution in [0, 0.1) is 13.8 Å². The van der Waals surface area contributed by atoms with Gasteiger partial charge >= 0.3 is 0 Å². The zero-order valence-corrected chi connectivity index (χ0v) is 18.9. The molecule has 4 rings (SSSR count). The van der Waals surface area contributed by atoms with Crippen LogP contribution in [0.25, 0.3) is 20.4 Å². The first kappa shape index (κ1) is 20.9. The van der Waals surface area contributed by atoms with E-state index in [1.165, 1.54) is 10.9 Å². The smallest absolute Gasteiger partial charge is 0.166 e. The molecule has 0 bridgehead atoms. The number of pyridine rings is 1. The molecule has 3 heterocycles. The molecule has 3 aromatic heterocycles. The number of aromatic nitrogens is 3. The van der Waals surface area contributed by atoms with Crippen molar-refractivity contribution < 1.29 is 9.47 Å². The number of hydrogen-bond donors (Lipinski definition) is 1. The molecule has 7 heteroatoms. The van der Waals surface area contributed by atoms with Gasteiger partial charge in [0.25, 0.3) is 0 Å². The molecule has 0 amide bonds. The standard InChI is InChI=1S/C20H22N4O2S.C2H6/c1-11-8-12(2)22-20-16(11)17-18(27-20)19(23-24(17)3)21-10-13-6-7-14(25-4)9-15(13)26-5;1-2/h6-9H,10H2,1-5H3,(H,21,23);1-2H3. The van der Waals surface area contributed by atoms with Gasteiger partial charge in [-0.1, -0.05) is 13.8 Å². The highest BCUT2D eigenvalue weighted by atomic mass is 32.1. The molecular weight excluding hydrogens is 384 g/mol. The zero-order valence-electron chi connectivity index (χ0n) is 18.1. The molecular formula is C22H28N4O2S. The van der Waals surface area contributed by atoms with Crippen LogP contribution in [0.4, 0.5) is 5.82 Å². The third-order valence-corrected chi connectivity index (χ3v) is 5.77. The SMILES string of the molecule is CC.COc1ccc(CNc2nn(C)c3c2sc2nc(C)cc(C)c23)c(OC)c1. The van der Waals surface area contributed by atoms with Gasteiger partial charge in [0.2, 0.25) is 0 Å². The predicted octanol–water partition coefficient (Wildman–Crippen LogP) is 5.46. The predicted molar refractivity (Wildman–Crippen MR) is 122 cm³/mol. The molecule has 0 aliphatic rings. The number of ether oxygens (including phenoxy) is 2. The first-order valence-corrected chi connectivity index (χ1v) is 10.5. The lowest BCUT2D eigenvalue weighted by Crippen LogP contribution is -2.03. The maximum absolute atomic E-state index is 5.49. The molecule has 1 aromatic carbocycles. The summed E-state index contributed by atoms with van der Waals surface area (Å²) >= 11 is 1.68. The second kappa shape index (κ2) is 8.69. The van der Waals surface area contributed by atoms with Crippen molar-refractivity contribution in [1.29, 1.82) is 0 Å². The summed E-state index contributed by atoms with van der Waals surface area (Å²) < 4.78 is 13.8. The fourth-order valence-electron chi connectivity index (χ4n) is 3.43. The summed E-state index contributed by atoms with van der Waals surface area (Å²) in [5, 5.41) is 9.34. The Morgan fingerprint density at radius 1 is 1.10 bits per heavy atom. The maximum atomic E-state index is 5.49. The Labute approximate surface area is 175 Å². The van der Waals surface area contributed by atoms with Gasteiger partial charge in [-0.05, 0) is 37.6 Å². The van der Waals surface area contributed by atoms with Crippen LogP contribution in [-0.4, -0.2) is 29.0 Å². The van der Waals surface area contributed by atoms with E-state index in [-0.39, 0.29) is 0 Å². The lowest BCUT2D eigenvalue weighted by Gasteiger charge is -2.11. The number of thiophene rings is 1. The summed E-state index contributed by atoms with van der Waals surface area (Å²) in [6, 6.07) is 7.95. The number of anilines is 1. The Morgan fingerprint density at radius 2 is 1.86 bits per heavy atom.